The van der Waals surface area contributed by atoms with Crippen molar-refractivity contribution in [2.45, 2.75) is 43.7 Å². The zero-order chi connectivity index (χ0) is 20.1. The Morgan fingerprint density at radius 1 is 1.07 bits per heavy atom. The number of hydrogen-bond donors (Lipinski definition) is 2. The number of anilines is 1. The van der Waals surface area contributed by atoms with E-state index in [1.54, 1.807) is 30.3 Å². The van der Waals surface area contributed by atoms with Gasteiger partial charge in [0.15, 0.2) is 0 Å². The molecule has 1 amide bonds. The summed E-state index contributed by atoms with van der Waals surface area (Å²) in [4.78, 5) is 14.9. The standard InChI is InChI=1S/C21H27N3O3S/c1-16-7-6-8-19(15-16)22-21(25)17(2)24-13-11-18(12-14-24)23-28(26,27)20-9-4-3-5-10-20/h3-10,15,17-18,23H,11-14H2,1-2H3,(H,22,25). The van der Waals surface area contributed by atoms with E-state index in [1.807, 2.05) is 38.1 Å². The summed E-state index contributed by atoms with van der Waals surface area (Å²) in [7, 11) is -3.51. The smallest absolute Gasteiger partial charge is 0.241 e. The van der Waals surface area contributed by atoms with Crippen molar-refractivity contribution in [1.82, 2.24) is 9.62 Å². The summed E-state index contributed by atoms with van der Waals surface area (Å²) in [5.41, 5.74) is 1.89. The summed E-state index contributed by atoms with van der Waals surface area (Å²) >= 11 is 0. The van der Waals surface area contributed by atoms with E-state index >= 15 is 0 Å². The largest absolute Gasteiger partial charge is 0.325 e. The van der Waals surface area contributed by atoms with Crippen LogP contribution in [0.15, 0.2) is 59.5 Å². The van der Waals surface area contributed by atoms with E-state index in [9.17, 15) is 13.2 Å². The van der Waals surface area contributed by atoms with Gasteiger partial charge >= 0.3 is 0 Å². The third kappa shape index (κ3) is 5.19. The van der Waals surface area contributed by atoms with E-state index in [-0.39, 0.29) is 22.9 Å². The molecule has 1 heterocycles. The summed E-state index contributed by atoms with van der Waals surface area (Å²) in [5, 5.41) is 2.96. The van der Waals surface area contributed by atoms with Crippen molar-refractivity contribution in [3.8, 4) is 0 Å². The Morgan fingerprint density at radius 2 is 1.75 bits per heavy atom. The maximum atomic E-state index is 12.6. The second-order valence-corrected chi connectivity index (χ2v) is 8.99. The van der Waals surface area contributed by atoms with E-state index < -0.39 is 10.0 Å². The molecule has 1 saturated heterocycles. The van der Waals surface area contributed by atoms with Gasteiger partial charge in [0.2, 0.25) is 15.9 Å². The number of nitrogens with zero attached hydrogens (tertiary/aromatic N) is 1. The number of sulfonamides is 1. The van der Waals surface area contributed by atoms with Crippen molar-refractivity contribution in [2.75, 3.05) is 18.4 Å². The summed E-state index contributed by atoms with van der Waals surface area (Å²) < 4.78 is 27.7. The molecular weight excluding hydrogens is 374 g/mol. The second-order valence-electron chi connectivity index (χ2n) is 7.28. The van der Waals surface area contributed by atoms with Crippen LogP contribution in [0.5, 0.6) is 0 Å². The third-order valence-electron chi connectivity index (χ3n) is 5.12. The van der Waals surface area contributed by atoms with Gasteiger partial charge in [0.1, 0.15) is 0 Å². The molecule has 0 bridgehead atoms. The highest BCUT2D eigenvalue weighted by molar-refractivity contribution is 7.89. The van der Waals surface area contributed by atoms with Crippen LogP contribution in [-0.2, 0) is 14.8 Å². The Hall–Kier alpha value is -2.22. The molecule has 7 heteroatoms. The minimum Gasteiger partial charge on any atom is -0.325 e. The number of amides is 1. The SMILES string of the molecule is Cc1cccc(NC(=O)C(C)N2CCC(NS(=O)(=O)c3ccccc3)CC2)c1. The van der Waals surface area contributed by atoms with Crippen molar-refractivity contribution in [3.05, 3.63) is 60.2 Å². The lowest BCUT2D eigenvalue weighted by atomic mass is 10.0. The van der Waals surface area contributed by atoms with Crippen molar-refractivity contribution in [3.63, 3.8) is 0 Å². The van der Waals surface area contributed by atoms with Gasteiger partial charge in [-0.15, -0.1) is 0 Å². The van der Waals surface area contributed by atoms with Crippen LogP contribution in [0.4, 0.5) is 5.69 Å². The fourth-order valence-corrected chi connectivity index (χ4v) is 4.75. The predicted molar refractivity (Wildman–Crippen MR) is 111 cm³/mol. The Balaban J connectivity index is 1.52. The number of rotatable bonds is 6. The molecule has 2 aromatic rings. The average Bonchev–Trinajstić information content (AvgIpc) is 2.68. The highest BCUT2D eigenvalue weighted by atomic mass is 32.2. The molecule has 1 fully saturated rings. The summed E-state index contributed by atoms with van der Waals surface area (Å²) in [6.45, 7) is 5.22. The van der Waals surface area contributed by atoms with Gasteiger partial charge in [0.25, 0.3) is 0 Å². The summed E-state index contributed by atoms with van der Waals surface area (Å²) in [6, 6.07) is 15.7. The van der Waals surface area contributed by atoms with Crippen molar-refractivity contribution < 1.29 is 13.2 Å². The highest BCUT2D eigenvalue weighted by Gasteiger charge is 2.29. The molecule has 1 unspecified atom stereocenters. The summed E-state index contributed by atoms with van der Waals surface area (Å²) in [6.07, 6.45) is 1.35. The number of carbonyl (C=O) groups is 1. The molecule has 28 heavy (non-hydrogen) atoms. The number of aryl methyl sites for hydroxylation is 1. The molecule has 1 aliphatic rings. The van der Waals surface area contributed by atoms with Crippen LogP contribution in [-0.4, -0.2) is 44.4 Å². The van der Waals surface area contributed by atoms with Crippen molar-refractivity contribution in [2.24, 2.45) is 0 Å². The first-order valence-corrected chi connectivity index (χ1v) is 11.0. The third-order valence-corrected chi connectivity index (χ3v) is 6.65. The molecule has 3 rings (SSSR count). The fourth-order valence-electron chi connectivity index (χ4n) is 3.43. The molecule has 6 nitrogen and oxygen atoms in total. The molecule has 0 aliphatic carbocycles. The number of hydrogen-bond acceptors (Lipinski definition) is 4. The lowest BCUT2D eigenvalue weighted by molar-refractivity contribution is -0.121. The quantitative estimate of drug-likeness (QED) is 0.780. The first-order chi connectivity index (χ1) is 13.3. The number of piperidine rings is 1. The predicted octanol–water partition coefficient (Wildman–Crippen LogP) is 2.76. The van der Waals surface area contributed by atoms with Crippen LogP contribution in [0.1, 0.15) is 25.3 Å². The molecule has 1 aliphatic heterocycles. The Labute approximate surface area is 167 Å². The molecule has 2 aromatic carbocycles. The maximum Gasteiger partial charge on any atom is 0.241 e. The molecule has 0 radical (unpaired) electrons. The van der Waals surface area contributed by atoms with Crippen molar-refractivity contribution in [1.29, 1.82) is 0 Å². The van der Waals surface area contributed by atoms with Gasteiger partial charge in [0.05, 0.1) is 10.9 Å². The van der Waals surface area contributed by atoms with Gasteiger partial charge in [-0.25, -0.2) is 13.1 Å². The van der Waals surface area contributed by atoms with E-state index in [0.29, 0.717) is 25.9 Å². The van der Waals surface area contributed by atoms with E-state index in [0.717, 1.165) is 11.3 Å². The maximum absolute atomic E-state index is 12.6. The first-order valence-electron chi connectivity index (χ1n) is 9.54. The second kappa shape index (κ2) is 8.86. The van der Waals surface area contributed by atoms with Crippen molar-refractivity contribution >= 4 is 21.6 Å². The normalized spacial score (nSPS) is 17.2. The van der Waals surface area contributed by atoms with E-state index in [1.165, 1.54) is 0 Å². The monoisotopic (exact) mass is 401 g/mol. The number of benzene rings is 2. The number of nitrogens with one attached hydrogen (secondary N) is 2. The van der Waals surface area contributed by atoms with Crippen LogP contribution in [0.3, 0.4) is 0 Å². The van der Waals surface area contributed by atoms with Crippen LogP contribution >= 0.6 is 0 Å². The topological polar surface area (TPSA) is 78.5 Å². The molecule has 0 aromatic heterocycles. The van der Waals surface area contributed by atoms with Gasteiger partial charge < -0.3 is 5.32 Å². The molecule has 2 N–H and O–H groups in total. The fraction of sp³-hybridized carbons (Fsp3) is 0.381. The van der Waals surface area contributed by atoms with Gasteiger partial charge in [-0.05, 0) is 56.5 Å². The van der Waals surface area contributed by atoms with Crippen LogP contribution in [0, 0.1) is 6.92 Å². The Morgan fingerprint density at radius 3 is 2.39 bits per heavy atom. The summed E-state index contributed by atoms with van der Waals surface area (Å²) in [5.74, 6) is -0.0473. The minimum absolute atomic E-state index is 0.0473. The van der Waals surface area contributed by atoms with E-state index in [4.69, 9.17) is 0 Å². The van der Waals surface area contributed by atoms with Crippen LogP contribution < -0.4 is 10.0 Å². The zero-order valence-corrected chi connectivity index (χ0v) is 17.1. The molecule has 150 valence electrons. The van der Waals surface area contributed by atoms with Gasteiger partial charge in [-0.1, -0.05) is 30.3 Å². The lowest BCUT2D eigenvalue weighted by Crippen LogP contribution is -2.50. The minimum atomic E-state index is -3.51. The molecule has 0 saturated carbocycles. The van der Waals surface area contributed by atoms with Gasteiger partial charge in [-0.2, -0.15) is 0 Å². The van der Waals surface area contributed by atoms with Crippen LogP contribution in [0.2, 0.25) is 0 Å². The molecule has 0 spiro atoms. The molecular formula is C21H27N3O3S. The van der Waals surface area contributed by atoms with Gasteiger partial charge in [0, 0.05) is 24.8 Å². The Bertz CT molecular complexity index is 908. The zero-order valence-electron chi connectivity index (χ0n) is 16.3. The molecule has 1 atom stereocenters. The van der Waals surface area contributed by atoms with E-state index in [2.05, 4.69) is 14.9 Å². The Kier molecular flexibility index (Phi) is 6.49. The number of carbonyl (C=O) groups excluding carboxylic acids is 1. The van der Waals surface area contributed by atoms with Gasteiger partial charge in [-0.3, -0.25) is 9.69 Å². The highest BCUT2D eigenvalue weighted by Crippen LogP contribution is 2.18. The van der Waals surface area contributed by atoms with Crippen LogP contribution in [0.25, 0.3) is 0 Å². The average molecular weight is 402 g/mol. The lowest BCUT2D eigenvalue weighted by Gasteiger charge is -2.35. The number of likely N-dealkylation sites (tertiary alicyclic amines) is 1. The first kappa shape index (κ1) is 20.5.